The third-order valence-electron chi connectivity index (χ3n) is 4.63. The topological polar surface area (TPSA) is 98.2 Å². The van der Waals surface area contributed by atoms with Crippen LogP contribution in [-0.2, 0) is 11.2 Å². The predicted molar refractivity (Wildman–Crippen MR) is 96.0 cm³/mol. The van der Waals surface area contributed by atoms with Gasteiger partial charge in [0.05, 0.1) is 0 Å². The van der Waals surface area contributed by atoms with E-state index in [2.05, 4.69) is 20.3 Å². The highest BCUT2D eigenvalue weighted by Gasteiger charge is 2.28. The van der Waals surface area contributed by atoms with Crippen LogP contribution in [0.4, 0.5) is 4.39 Å². The maximum Gasteiger partial charge on any atom is 0.236 e. The summed E-state index contributed by atoms with van der Waals surface area (Å²) in [7, 11) is 0. The van der Waals surface area contributed by atoms with Crippen LogP contribution in [0.5, 0.6) is 0 Å². The summed E-state index contributed by atoms with van der Waals surface area (Å²) in [4.78, 5) is 22.6. The van der Waals surface area contributed by atoms with E-state index in [1.165, 1.54) is 12.1 Å². The number of benzene rings is 1. The first-order chi connectivity index (χ1) is 13.5. The molecule has 10 heteroatoms. The van der Waals surface area contributed by atoms with Crippen LogP contribution < -0.4 is 0 Å². The van der Waals surface area contributed by atoms with Crippen LogP contribution in [0.2, 0.25) is 5.02 Å². The molecule has 0 saturated carbocycles. The third-order valence-corrected chi connectivity index (χ3v) is 4.85. The van der Waals surface area contributed by atoms with Crippen molar-refractivity contribution in [1.82, 2.24) is 25.2 Å². The van der Waals surface area contributed by atoms with Gasteiger partial charge in [-0.3, -0.25) is 4.79 Å². The van der Waals surface area contributed by atoms with Crippen molar-refractivity contribution in [3.63, 3.8) is 0 Å². The quantitative estimate of drug-likeness (QED) is 0.657. The van der Waals surface area contributed by atoms with Crippen molar-refractivity contribution in [2.75, 3.05) is 13.1 Å². The van der Waals surface area contributed by atoms with Crippen molar-refractivity contribution in [3.05, 3.63) is 46.6 Å². The fourth-order valence-electron chi connectivity index (χ4n) is 3.23. The molecule has 0 spiro atoms. The summed E-state index contributed by atoms with van der Waals surface area (Å²) in [5, 5.41) is 7.89. The highest BCUT2D eigenvalue weighted by atomic mass is 35.5. The molecule has 146 valence electrons. The normalized spacial score (nSPS) is 15.2. The first-order valence-electron chi connectivity index (χ1n) is 8.85. The first-order valence-corrected chi connectivity index (χ1v) is 9.23. The number of hydrogen-bond donors (Lipinski definition) is 0. The SMILES string of the molecule is Cc1noc(CC(=O)N2CCC(c3nc(-c4cc(F)cc(Cl)c4)no3)CC2)n1. The highest BCUT2D eigenvalue weighted by molar-refractivity contribution is 6.30. The smallest absolute Gasteiger partial charge is 0.236 e. The van der Waals surface area contributed by atoms with E-state index in [0.717, 1.165) is 0 Å². The maximum absolute atomic E-state index is 13.5. The molecule has 8 nitrogen and oxygen atoms in total. The highest BCUT2D eigenvalue weighted by Crippen LogP contribution is 2.29. The Kier molecular flexibility index (Phi) is 5.08. The van der Waals surface area contributed by atoms with E-state index in [9.17, 15) is 9.18 Å². The molecule has 1 saturated heterocycles. The lowest BCUT2D eigenvalue weighted by atomic mass is 9.96. The van der Waals surface area contributed by atoms with Gasteiger partial charge in [0.15, 0.2) is 5.82 Å². The van der Waals surface area contributed by atoms with E-state index >= 15 is 0 Å². The van der Waals surface area contributed by atoms with E-state index in [-0.39, 0.29) is 23.3 Å². The standard InChI is InChI=1S/C18H17ClFN5O3/c1-10-21-15(27-23-10)9-16(26)25-4-2-11(3-5-25)18-22-17(24-28-18)12-6-13(19)8-14(20)7-12/h6-8,11H,2-5,9H2,1H3. The van der Waals surface area contributed by atoms with Crippen LogP contribution in [-0.4, -0.2) is 44.2 Å². The molecule has 3 aromatic rings. The van der Waals surface area contributed by atoms with Gasteiger partial charge in [-0.15, -0.1) is 0 Å². The average Bonchev–Trinajstić information content (AvgIpc) is 3.30. The Balaban J connectivity index is 1.37. The molecule has 0 atom stereocenters. The summed E-state index contributed by atoms with van der Waals surface area (Å²) in [5.41, 5.74) is 0.461. The van der Waals surface area contributed by atoms with Crippen LogP contribution in [0.3, 0.4) is 0 Å². The second-order valence-electron chi connectivity index (χ2n) is 6.68. The van der Waals surface area contributed by atoms with Gasteiger partial charge in [0, 0.05) is 29.6 Å². The summed E-state index contributed by atoms with van der Waals surface area (Å²) in [6.45, 7) is 2.85. The zero-order valence-electron chi connectivity index (χ0n) is 15.1. The molecular formula is C18H17ClFN5O3. The predicted octanol–water partition coefficient (Wildman–Crippen LogP) is 3.17. The summed E-state index contributed by atoms with van der Waals surface area (Å²) < 4.78 is 23.9. The third kappa shape index (κ3) is 4.04. The number of amides is 1. The second kappa shape index (κ2) is 7.67. The van der Waals surface area contributed by atoms with E-state index in [4.69, 9.17) is 20.6 Å². The Morgan fingerprint density at radius 1 is 1.21 bits per heavy atom. The van der Waals surface area contributed by atoms with E-state index in [0.29, 0.717) is 54.9 Å². The van der Waals surface area contributed by atoms with Gasteiger partial charge in [0.1, 0.15) is 12.2 Å². The van der Waals surface area contributed by atoms with Crippen molar-refractivity contribution < 1.29 is 18.2 Å². The van der Waals surface area contributed by atoms with Crippen LogP contribution in [0.25, 0.3) is 11.4 Å². The largest absolute Gasteiger partial charge is 0.342 e. The fraction of sp³-hybridized carbons (Fsp3) is 0.389. The Morgan fingerprint density at radius 2 is 2.00 bits per heavy atom. The summed E-state index contributed by atoms with van der Waals surface area (Å²) >= 11 is 5.88. The van der Waals surface area contributed by atoms with Crippen LogP contribution in [0.15, 0.2) is 27.2 Å². The molecule has 1 amide bonds. The van der Waals surface area contributed by atoms with Gasteiger partial charge in [-0.1, -0.05) is 21.9 Å². The van der Waals surface area contributed by atoms with Crippen LogP contribution in [0, 0.1) is 12.7 Å². The number of aromatic nitrogens is 4. The molecular weight excluding hydrogens is 389 g/mol. The Morgan fingerprint density at radius 3 is 2.68 bits per heavy atom. The molecule has 4 rings (SSSR count). The van der Waals surface area contributed by atoms with Crippen LogP contribution >= 0.6 is 11.6 Å². The number of halogens is 2. The van der Waals surface area contributed by atoms with Gasteiger partial charge in [0.2, 0.25) is 23.5 Å². The molecule has 0 aliphatic carbocycles. The Hall–Kier alpha value is -2.81. The lowest BCUT2D eigenvalue weighted by Crippen LogP contribution is -2.38. The molecule has 0 unspecified atom stereocenters. The molecule has 0 N–H and O–H groups in total. The molecule has 0 bridgehead atoms. The van der Waals surface area contributed by atoms with Crippen LogP contribution in [0.1, 0.15) is 36.4 Å². The number of piperidine rings is 1. The Labute approximate surface area is 164 Å². The molecule has 1 aliphatic rings. The van der Waals surface area contributed by atoms with E-state index in [1.807, 2.05) is 0 Å². The molecule has 1 aliphatic heterocycles. The maximum atomic E-state index is 13.5. The summed E-state index contributed by atoms with van der Waals surface area (Å²) in [6.07, 6.45) is 1.48. The van der Waals surface area contributed by atoms with Gasteiger partial charge in [-0.25, -0.2) is 4.39 Å². The Bertz CT molecular complexity index is 977. The molecule has 3 heterocycles. The van der Waals surface area contributed by atoms with E-state index < -0.39 is 5.82 Å². The monoisotopic (exact) mass is 405 g/mol. The number of carbonyl (C=O) groups excluding carboxylic acids is 1. The zero-order valence-corrected chi connectivity index (χ0v) is 15.8. The number of nitrogens with zero attached hydrogens (tertiary/aromatic N) is 5. The minimum absolute atomic E-state index is 0.0416. The number of rotatable bonds is 4. The van der Waals surface area contributed by atoms with Crippen molar-refractivity contribution >= 4 is 17.5 Å². The van der Waals surface area contributed by atoms with Gasteiger partial charge in [-0.05, 0) is 38.0 Å². The van der Waals surface area contributed by atoms with Gasteiger partial charge in [-0.2, -0.15) is 9.97 Å². The van der Waals surface area contributed by atoms with Crippen molar-refractivity contribution in [3.8, 4) is 11.4 Å². The average molecular weight is 406 g/mol. The minimum Gasteiger partial charge on any atom is -0.342 e. The molecule has 1 aromatic carbocycles. The van der Waals surface area contributed by atoms with E-state index in [1.54, 1.807) is 17.9 Å². The lowest BCUT2D eigenvalue weighted by molar-refractivity contribution is -0.132. The molecule has 1 fully saturated rings. The minimum atomic E-state index is -0.461. The number of carbonyl (C=O) groups is 1. The fourth-order valence-corrected chi connectivity index (χ4v) is 3.45. The summed E-state index contributed by atoms with van der Waals surface area (Å²) in [5.74, 6) is 1.13. The summed E-state index contributed by atoms with van der Waals surface area (Å²) in [6, 6.07) is 4.11. The van der Waals surface area contributed by atoms with Gasteiger partial charge >= 0.3 is 0 Å². The number of likely N-dealkylation sites (tertiary alicyclic amines) is 1. The van der Waals surface area contributed by atoms with Crippen molar-refractivity contribution in [2.24, 2.45) is 0 Å². The van der Waals surface area contributed by atoms with Gasteiger partial charge in [0.25, 0.3) is 0 Å². The van der Waals surface area contributed by atoms with Gasteiger partial charge < -0.3 is 13.9 Å². The zero-order chi connectivity index (χ0) is 19.7. The lowest BCUT2D eigenvalue weighted by Gasteiger charge is -2.30. The molecule has 0 radical (unpaired) electrons. The number of aryl methyl sites for hydroxylation is 1. The number of hydrogen-bond acceptors (Lipinski definition) is 7. The first kappa shape index (κ1) is 18.5. The molecule has 28 heavy (non-hydrogen) atoms. The van der Waals surface area contributed by atoms with Crippen molar-refractivity contribution in [2.45, 2.75) is 32.1 Å². The van der Waals surface area contributed by atoms with Crippen molar-refractivity contribution in [1.29, 1.82) is 0 Å². The molecule has 2 aromatic heterocycles. The second-order valence-corrected chi connectivity index (χ2v) is 7.12.